The highest BCUT2D eigenvalue weighted by molar-refractivity contribution is 5.95. The number of methoxy groups -OCH3 is 1. The molecule has 88 valence electrons. The lowest BCUT2D eigenvalue weighted by Crippen LogP contribution is -2.26. The van der Waals surface area contributed by atoms with Gasteiger partial charge in [-0.15, -0.1) is 0 Å². The van der Waals surface area contributed by atoms with E-state index >= 15 is 0 Å². The molecular formula is C8H12N4O4. The molecule has 16 heavy (non-hydrogen) atoms. The van der Waals surface area contributed by atoms with Crippen molar-refractivity contribution in [1.29, 1.82) is 0 Å². The van der Waals surface area contributed by atoms with Gasteiger partial charge in [0.05, 0.1) is 4.92 Å². The Morgan fingerprint density at radius 2 is 2.50 bits per heavy atom. The van der Waals surface area contributed by atoms with E-state index in [0.717, 1.165) is 6.20 Å². The number of carbonyl (C=O) groups is 1. The molecule has 0 unspecified atom stereocenters. The molecule has 1 aromatic rings. The Balaban J connectivity index is 2.53. The second-order valence-electron chi connectivity index (χ2n) is 2.99. The molecule has 1 aromatic heterocycles. The number of H-pyrrole nitrogens is 1. The molecule has 0 saturated heterocycles. The third-order valence-electron chi connectivity index (χ3n) is 1.85. The standard InChI is InChI=1S/C8H12N4O4/c1-16-4-2-3-9-8(13)7-6(12(14)15)5-10-11-7/h5H,2-4H2,1H3,(H,9,13)(H,10,11). The van der Waals surface area contributed by atoms with Crippen molar-refractivity contribution in [2.75, 3.05) is 20.3 Å². The van der Waals surface area contributed by atoms with Gasteiger partial charge < -0.3 is 10.1 Å². The van der Waals surface area contributed by atoms with Gasteiger partial charge in [-0.2, -0.15) is 5.10 Å². The Hall–Kier alpha value is -1.96. The zero-order valence-electron chi connectivity index (χ0n) is 8.73. The topological polar surface area (TPSA) is 110 Å². The highest BCUT2D eigenvalue weighted by Gasteiger charge is 2.21. The average molecular weight is 228 g/mol. The molecule has 8 heteroatoms. The number of nitrogens with one attached hydrogen (secondary N) is 2. The zero-order valence-corrected chi connectivity index (χ0v) is 8.73. The minimum Gasteiger partial charge on any atom is -0.385 e. The molecule has 0 fully saturated rings. The van der Waals surface area contributed by atoms with Gasteiger partial charge >= 0.3 is 5.69 Å². The Morgan fingerprint density at radius 3 is 3.12 bits per heavy atom. The first-order valence-electron chi connectivity index (χ1n) is 4.61. The molecule has 0 aromatic carbocycles. The Morgan fingerprint density at radius 1 is 1.75 bits per heavy atom. The van der Waals surface area contributed by atoms with Gasteiger partial charge in [0.15, 0.2) is 0 Å². The number of amides is 1. The van der Waals surface area contributed by atoms with Gasteiger partial charge in [0.2, 0.25) is 5.69 Å². The van der Waals surface area contributed by atoms with Gasteiger partial charge in [0, 0.05) is 20.3 Å². The molecule has 2 N–H and O–H groups in total. The maximum absolute atomic E-state index is 11.5. The molecule has 1 amide bonds. The molecule has 1 rings (SSSR count). The van der Waals surface area contributed by atoms with Crippen LogP contribution in [0.25, 0.3) is 0 Å². The summed E-state index contributed by atoms with van der Waals surface area (Å²) in [5.74, 6) is -0.541. The molecule has 0 saturated carbocycles. The van der Waals surface area contributed by atoms with E-state index < -0.39 is 10.8 Å². The predicted octanol–water partition coefficient (Wildman–Crippen LogP) is 0.0842. The van der Waals surface area contributed by atoms with E-state index in [0.29, 0.717) is 19.6 Å². The van der Waals surface area contributed by atoms with E-state index in [2.05, 4.69) is 15.5 Å². The monoisotopic (exact) mass is 228 g/mol. The van der Waals surface area contributed by atoms with Crippen molar-refractivity contribution >= 4 is 11.6 Å². The Labute approximate surface area is 91.1 Å². The molecule has 0 aliphatic heterocycles. The third kappa shape index (κ3) is 3.02. The van der Waals surface area contributed by atoms with Crippen LogP contribution in [0.1, 0.15) is 16.9 Å². The summed E-state index contributed by atoms with van der Waals surface area (Å²) in [6.07, 6.45) is 1.65. The van der Waals surface area contributed by atoms with Crippen LogP contribution in [0.4, 0.5) is 5.69 Å². The van der Waals surface area contributed by atoms with Gasteiger partial charge in [-0.05, 0) is 6.42 Å². The van der Waals surface area contributed by atoms with Gasteiger partial charge in [-0.3, -0.25) is 20.0 Å². The van der Waals surface area contributed by atoms with Gasteiger partial charge in [0.1, 0.15) is 6.20 Å². The van der Waals surface area contributed by atoms with Crippen LogP contribution in [0.5, 0.6) is 0 Å². The van der Waals surface area contributed by atoms with Crippen LogP contribution in [-0.2, 0) is 4.74 Å². The highest BCUT2D eigenvalue weighted by atomic mass is 16.6. The summed E-state index contributed by atoms with van der Waals surface area (Å²) in [4.78, 5) is 21.3. The van der Waals surface area contributed by atoms with Crippen LogP contribution in [0.2, 0.25) is 0 Å². The summed E-state index contributed by atoms with van der Waals surface area (Å²) in [6.45, 7) is 0.911. The molecule has 8 nitrogen and oxygen atoms in total. The molecule has 0 atom stereocenters. The van der Waals surface area contributed by atoms with E-state index in [1.165, 1.54) is 0 Å². The van der Waals surface area contributed by atoms with E-state index in [1.807, 2.05) is 0 Å². The zero-order chi connectivity index (χ0) is 12.0. The summed E-state index contributed by atoms with van der Waals surface area (Å²) in [5.41, 5.74) is -0.466. The van der Waals surface area contributed by atoms with Crippen molar-refractivity contribution < 1.29 is 14.5 Å². The van der Waals surface area contributed by atoms with Crippen LogP contribution >= 0.6 is 0 Å². The fraction of sp³-hybridized carbons (Fsp3) is 0.500. The van der Waals surface area contributed by atoms with Crippen LogP contribution in [-0.4, -0.2) is 41.3 Å². The predicted molar refractivity (Wildman–Crippen MR) is 54.1 cm³/mol. The quantitative estimate of drug-likeness (QED) is 0.407. The molecule has 0 spiro atoms. The van der Waals surface area contributed by atoms with Crippen molar-refractivity contribution in [2.24, 2.45) is 0 Å². The maximum Gasteiger partial charge on any atom is 0.319 e. The van der Waals surface area contributed by atoms with Crippen LogP contribution in [0.15, 0.2) is 6.20 Å². The second-order valence-corrected chi connectivity index (χ2v) is 2.99. The lowest BCUT2D eigenvalue weighted by molar-refractivity contribution is -0.385. The first kappa shape index (κ1) is 12.1. The van der Waals surface area contributed by atoms with Gasteiger partial charge in [0.25, 0.3) is 5.91 Å². The number of hydrogen-bond acceptors (Lipinski definition) is 5. The smallest absolute Gasteiger partial charge is 0.319 e. The van der Waals surface area contributed by atoms with Crippen molar-refractivity contribution in [2.45, 2.75) is 6.42 Å². The second kappa shape index (κ2) is 5.81. The fourth-order valence-corrected chi connectivity index (χ4v) is 1.09. The van der Waals surface area contributed by atoms with Gasteiger partial charge in [-0.1, -0.05) is 0 Å². The van der Waals surface area contributed by atoms with Crippen LogP contribution in [0.3, 0.4) is 0 Å². The maximum atomic E-state index is 11.5. The van der Waals surface area contributed by atoms with Crippen molar-refractivity contribution in [3.63, 3.8) is 0 Å². The molecule has 1 heterocycles. The first-order chi connectivity index (χ1) is 7.66. The Kier molecular flexibility index (Phi) is 4.40. The number of hydrogen-bond donors (Lipinski definition) is 2. The van der Waals surface area contributed by atoms with Crippen molar-refractivity contribution in [3.05, 3.63) is 22.0 Å². The molecular weight excluding hydrogens is 216 g/mol. The summed E-state index contributed by atoms with van der Waals surface area (Å²) < 4.78 is 4.80. The van der Waals surface area contributed by atoms with E-state index in [-0.39, 0.29) is 11.4 Å². The van der Waals surface area contributed by atoms with Crippen LogP contribution in [0, 0.1) is 10.1 Å². The third-order valence-corrected chi connectivity index (χ3v) is 1.85. The number of nitro groups is 1. The van der Waals surface area contributed by atoms with Crippen molar-refractivity contribution in [3.8, 4) is 0 Å². The largest absolute Gasteiger partial charge is 0.385 e. The molecule has 0 aliphatic rings. The summed E-state index contributed by atoms with van der Waals surface area (Å²) in [7, 11) is 1.56. The lowest BCUT2D eigenvalue weighted by Gasteiger charge is -2.02. The summed E-state index contributed by atoms with van der Waals surface area (Å²) in [5, 5.41) is 18.8. The SMILES string of the molecule is COCCCNC(=O)c1[nH]ncc1[N+](=O)[O-]. The number of rotatable bonds is 6. The molecule has 0 bridgehead atoms. The minimum absolute atomic E-state index is 0.137. The van der Waals surface area contributed by atoms with E-state index in [9.17, 15) is 14.9 Å². The average Bonchev–Trinajstić information content (AvgIpc) is 2.73. The molecule has 0 radical (unpaired) electrons. The Bertz CT molecular complexity index is 376. The number of nitrogens with zero attached hydrogens (tertiary/aromatic N) is 2. The number of carbonyl (C=O) groups excluding carboxylic acids is 1. The fourth-order valence-electron chi connectivity index (χ4n) is 1.09. The number of ether oxygens (including phenoxy) is 1. The number of aromatic amines is 1. The normalized spacial score (nSPS) is 10.1. The van der Waals surface area contributed by atoms with E-state index in [4.69, 9.17) is 4.74 Å². The molecule has 0 aliphatic carbocycles. The lowest BCUT2D eigenvalue weighted by atomic mass is 10.3. The van der Waals surface area contributed by atoms with E-state index in [1.54, 1.807) is 7.11 Å². The highest BCUT2D eigenvalue weighted by Crippen LogP contribution is 2.13. The summed E-state index contributed by atoms with van der Waals surface area (Å²) >= 11 is 0. The van der Waals surface area contributed by atoms with Gasteiger partial charge in [-0.25, -0.2) is 0 Å². The van der Waals surface area contributed by atoms with Crippen molar-refractivity contribution in [1.82, 2.24) is 15.5 Å². The number of aromatic nitrogens is 2. The summed E-state index contributed by atoms with van der Waals surface area (Å²) in [6, 6.07) is 0. The minimum atomic E-state index is -0.659. The first-order valence-corrected chi connectivity index (χ1v) is 4.61. The van der Waals surface area contributed by atoms with Crippen LogP contribution < -0.4 is 5.32 Å².